The average molecular weight is 397 g/mol. The maximum absolute atomic E-state index is 12.8. The van der Waals surface area contributed by atoms with Crippen molar-refractivity contribution in [2.45, 2.75) is 38.1 Å². The summed E-state index contributed by atoms with van der Waals surface area (Å²) in [6, 6.07) is 16.4. The van der Waals surface area contributed by atoms with Crippen molar-refractivity contribution < 1.29 is 14.3 Å². The van der Waals surface area contributed by atoms with Crippen molar-refractivity contribution in [3.8, 4) is 11.5 Å². The Morgan fingerprint density at radius 2 is 1.50 bits per heavy atom. The Morgan fingerprint density at radius 1 is 0.857 bits per heavy atom. The van der Waals surface area contributed by atoms with E-state index in [0.717, 1.165) is 30.6 Å². The smallest absolute Gasteiger partial charge is 0.283 e. The first-order chi connectivity index (χ1) is 13.6. The normalized spacial score (nSPS) is 18.0. The predicted octanol–water partition coefficient (Wildman–Crippen LogP) is 4.72. The fourth-order valence-electron chi connectivity index (χ4n) is 3.60. The average Bonchev–Trinajstić information content (AvgIpc) is 2.94. The third kappa shape index (κ3) is 3.76. The van der Waals surface area contributed by atoms with E-state index in [1.54, 1.807) is 24.3 Å². The van der Waals surface area contributed by atoms with E-state index in [1.807, 2.05) is 30.3 Å². The minimum Gasteiger partial charge on any atom is -0.457 e. The number of halogens is 1. The number of hydrogen-bond donors (Lipinski definition) is 1. The van der Waals surface area contributed by atoms with Gasteiger partial charge in [0.05, 0.1) is 5.69 Å². The van der Waals surface area contributed by atoms with E-state index in [2.05, 4.69) is 5.32 Å². The fourth-order valence-corrected chi connectivity index (χ4v) is 3.82. The Labute approximate surface area is 168 Å². The highest BCUT2D eigenvalue weighted by atomic mass is 35.5. The minimum absolute atomic E-state index is 0.0415. The summed E-state index contributed by atoms with van der Waals surface area (Å²) in [6.07, 6.45) is 5.43. The van der Waals surface area contributed by atoms with Gasteiger partial charge in [0.1, 0.15) is 22.2 Å². The van der Waals surface area contributed by atoms with E-state index in [4.69, 9.17) is 16.3 Å². The van der Waals surface area contributed by atoms with Crippen LogP contribution in [-0.2, 0) is 9.59 Å². The van der Waals surface area contributed by atoms with Gasteiger partial charge in [0.2, 0.25) is 0 Å². The molecule has 1 saturated carbocycles. The largest absolute Gasteiger partial charge is 0.457 e. The standard InChI is InChI=1S/C22H21ClN2O3/c23-19-20(24-15-7-3-1-4-8-15)22(27)25(21(19)26)16-11-13-18(14-12-16)28-17-9-5-2-6-10-17/h2,5-6,9-15,24H,1,3-4,7-8H2. The zero-order valence-corrected chi connectivity index (χ0v) is 16.1. The van der Waals surface area contributed by atoms with Gasteiger partial charge in [0.15, 0.2) is 0 Å². The van der Waals surface area contributed by atoms with Crippen molar-refractivity contribution >= 4 is 29.1 Å². The van der Waals surface area contributed by atoms with Crippen molar-refractivity contribution in [1.29, 1.82) is 0 Å². The molecule has 1 aliphatic carbocycles. The number of para-hydroxylation sites is 1. The molecule has 2 amide bonds. The SMILES string of the molecule is O=C1C(Cl)=C(NC2CCCCC2)C(=O)N1c1ccc(Oc2ccccc2)cc1. The second-order valence-corrected chi connectivity index (χ2v) is 7.40. The number of nitrogens with one attached hydrogen (secondary N) is 1. The Morgan fingerprint density at radius 3 is 2.18 bits per heavy atom. The monoisotopic (exact) mass is 396 g/mol. The van der Waals surface area contributed by atoms with E-state index >= 15 is 0 Å². The molecule has 0 spiro atoms. The number of hydrogen-bond acceptors (Lipinski definition) is 4. The van der Waals surface area contributed by atoms with Crippen LogP contribution in [0.1, 0.15) is 32.1 Å². The quantitative estimate of drug-likeness (QED) is 0.742. The zero-order valence-electron chi connectivity index (χ0n) is 15.4. The predicted molar refractivity (Wildman–Crippen MR) is 108 cm³/mol. The maximum atomic E-state index is 12.8. The molecule has 0 radical (unpaired) electrons. The van der Waals surface area contributed by atoms with Gasteiger partial charge in [-0.2, -0.15) is 0 Å². The number of benzene rings is 2. The first kappa shape index (κ1) is 18.6. The molecule has 28 heavy (non-hydrogen) atoms. The highest BCUT2D eigenvalue weighted by Crippen LogP contribution is 2.31. The molecular formula is C22H21ClN2O3. The molecule has 144 valence electrons. The van der Waals surface area contributed by atoms with E-state index < -0.39 is 11.8 Å². The van der Waals surface area contributed by atoms with Crippen molar-refractivity contribution in [3.63, 3.8) is 0 Å². The summed E-state index contributed by atoms with van der Waals surface area (Å²) in [7, 11) is 0. The van der Waals surface area contributed by atoms with Gasteiger partial charge in [0, 0.05) is 6.04 Å². The number of imide groups is 1. The first-order valence-corrected chi connectivity index (χ1v) is 9.89. The van der Waals surface area contributed by atoms with Crippen LogP contribution < -0.4 is 15.0 Å². The lowest BCUT2D eigenvalue weighted by atomic mass is 9.95. The lowest BCUT2D eigenvalue weighted by molar-refractivity contribution is -0.120. The van der Waals surface area contributed by atoms with E-state index in [0.29, 0.717) is 17.2 Å². The van der Waals surface area contributed by atoms with Gasteiger partial charge in [-0.15, -0.1) is 0 Å². The number of rotatable bonds is 5. The summed E-state index contributed by atoms with van der Waals surface area (Å²) < 4.78 is 5.76. The van der Waals surface area contributed by atoms with Gasteiger partial charge in [-0.25, -0.2) is 4.90 Å². The lowest BCUT2D eigenvalue weighted by Crippen LogP contribution is -2.37. The van der Waals surface area contributed by atoms with Crippen LogP contribution in [0.25, 0.3) is 0 Å². The molecule has 2 aliphatic rings. The van der Waals surface area contributed by atoms with Crippen molar-refractivity contribution in [3.05, 3.63) is 65.3 Å². The molecule has 0 aromatic heterocycles. The summed E-state index contributed by atoms with van der Waals surface area (Å²) >= 11 is 6.21. The van der Waals surface area contributed by atoms with E-state index in [1.165, 1.54) is 6.42 Å². The first-order valence-electron chi connectivity index (χ1n) is 9.51. The van der Waals surface area contributed by atoms with Gasteiger partial charge in [-0.1, -0.05) is 49.1 Å². The number of carbonyl (C=O) groups is 2. The Bertz CT molecular complexity index is 903. The summed E-state index contributed by atoms with van der Waals surface area (Å²) in [4.78, 5) is 26.5. The van der Waals surface area contributed by atoms with Gasteiger partial charge in [-0.3, -0.25) is 9.59 Å². The summed E-state index contributed by atoms with van der Waals surface area (Å²) in [5, 5.41) is 3.16. The molecule has 1 fully saturated rings. The van der Waals surface area contributed by atoms with Crippen molar-refractivity contribution in [2.75, 3.05) is 4.90 Å². The molecule has 0 saturated heterocycles. The van der Waals surface area contributed by atoms with Gasteiger partial charge in [0.25, 0.3) is 11.8 Å². The second kappa shape index (κ2) is 8.07. The Hall–Kier alpha value is -2.79. The van der Waals surface area contributed by atoms with Gasteiger partial charge >= 0.3 is 0 Å². The van der Waals surface area contributed by atoms with Crippen LogP contribution in [0, 0.1) is 0 Å². The maximum Gasteiger partial charge on any atom is 0.283 e. The van der Waals surface area contributed by atoms with E-state index in [-0.39, 0.29) is 16.8 Å². The number of ether oxygens (including phenoxy) is 1. The Balaban J connectivity index is 1.48. The summed E-state index contributed by atoms with van der Waals surface area (Å²) in [5.74, 6) is 0.430. The summed E-state index contributed by atoms with van der Waals surface area (Å²) in [5.41, 5.74) is 0.678. The van der Waals surface area contributed by atoms with Crippen LogP contribution >= 0.6 is 11.6 Å². The molecular weight excluding hydrogens is 376 g/mol. The number of nitrogens with zero attached hydrogens (tertiary/aromatic N) is 1. The zero-order chi connectivity index (χ0) is 19.5. The van der Waals surface area contributed by atoms with Crippen molar-refractivity contribution in [1.82, 2.24) is 5.32 Å². The van der Waals surface area contributed by atoms with Crippen molar-refractivity contribution in [2.24, 2.45) is 0 Å². The third-order valence-corrected chi connectivity index (χ3v) is 5.41. The molecule has 2 aromatic carbocycles. The third-order valence-electron chi connectivity index (χ3n) is 5.05. The highest BCUT2D eigenvalue weighted by molar-refractivity contribution is 6.52. The van der Waals surface area contributed by atoms with Crippen LogP contribution in [0.5, 0.6) is 11.5 Å². The van der Waals surface area contributed by atoms with E-state index in [9.17, 15) is 9.59 Å². The Kier molecular flexibility index (Phi) is 5.35. The molecule has 0 unspecified atom stereocenters. The topological polar surface area (TPSA) is 58.6 Å². The molecule has 0 bridgehead atoms. The molecule has 1 N–H and O–H groups in total. The van der Waals surface area contributed by atoms with Crippen LogP contribution in [-0.4, -0.2) is 17.9 Å². The number of anilines is 1. The minimum atomic E-state index is -0.498. The van der Waals surface area contributed by atoms with Crippen LogP contribution in [0.15, 0.2) is 65.3 Å². The number of carbonyl (C=O) groups excluding carboxylic acids is 2. The molecule has 4 rings (SSSR count). The molecule has 0 atom stereocenters. The second-order valence-electron chi connectivity index (χ2n) is 7.02. The molecule has 2 aromatic rings. The molecule has 5 nitrogen and oxygen atoms in total. The van der Waals surface area contributed by atoms with Crippen LogP contribution in [0.2, 0.25) is 0 Å². The van der Waals surface area contributed by atoms with Gasteiger partial charge in [-0.05, 0) is 49.2 Å². The molecule has 1 aliphatic heterocycles. The van der Waals surface area contributed by atoms with Gasteiger partial charge < -0.3 is 10.1 Å². The summed E-state index contributed by atoms with van der Waals surface area (Å²) in [6.45, 7) is 0. The number of amides is 2. The fraction of sp³-hybridized carbons (Fsp3) is 0.273. The van der Waals surface area contributed by atoms with Crippen LogP contribution in [0.3, 0.4) is 0 Å². The molecule has 6 heteroatoms. The molecule has 1 heterocycles. The van der Waals surface area contributed by atoms with Crippen LogP contribution in [0.4, 0.5) is 5.69 Å². The lowest BCUT2D eigenvalue weighted by Gasteiger charge is -2.24. The highest BCUT2D eigenvalue weighted by Gasteiger charge is 2.39.